The summed E-state index contributed by atoms with van der Waals surface area (Å²) in [4.78, 5) is 35.6. The van der Waals surface area contributed by atoms with Crippen molar-refractivity contribution in [1.82, 2.24) is 19.4 Å². The summed E-state index contributed by atoms with van der Waals surface area (Å²) in [6.07, 6.45) is 3.23. The second-order valence-electron chi connectivity index (χ2n) is 9.43. The summed E-state index contributed by atoms with van der Waals surface area (Å²) >= 11 is 1.33. The number of hydrogen-bond donors (Lipinski definition) is 1. The number of H-pyrrole nitrogens is 1. The van der Waals surface area contributed by atoms with Crippen LogP contribution in [0.3, 0.4) is 0 Å². The minimum atomic E-state index is -0.391. The number of nitrogens with one attached hydrogen (secondary N) is 1. The molecule has 10 heteroatoms. The van der Waals surface area contributed by atoms with E-state index in [1.807, 2.05) is 24.3 Å². The van der Waals surface area contributed by atoms with E-state index in [1.54, 1.807) is 20.4 Å². The van der Waals surface area contributed by atoms with Crippen molar-refractivity contribution in [1.29, 1.82) is 0 Å². The lowest BCUT2D eigenvalue weighted by molar-refractivity contribution is 0.209. The summed E-state index contributed by atoms with van der Waals surface area (Å²) in [5.41, 5.74) is 1.65. The van der Waals surface area contributed by atoms with Gasteiger partial charge in [-0.2, -0.15) is 0 Å². The Morgan fingerprint density at radius 2 is 2.03 bits per heavy atom. The molecule has 1 N–H and O–H groups in total. The fourth-order valence-electron chi connectivity index (χ4n) is 5.57. The van der Waals surface area contributed by atoms with Gasteiger partial charge >= 0.3 is 5.69 Å². The van der Waals surface area contributed by atoms with Crippen LogP contribution in [0, 0.1) is 5.92 Å². The molecule has 0 saturated carbocycles. The van der Waals surface area contributed by atoms with E-state index >= 15 is 0 Å². The molecule has 2 aliphatic rings. The predicted octanol–water partition coefficient (Wildman–Crippen LogP) is 3.20. The maximum absolute atomic E-state index is 13.1. The zero-order valence-corrected chi connectivity index (χ0v) is 21.1. The highest BCUT2D eigenvalue weighted by Gasteiger charge is 2.40. The highest BCUT2D eigenvalue weighted by molar-refractivity contribution is 7.25. The molecule has 4 aromatic rings. The minimum absolute atomic E-state index is 0.260. The van der Waals surface area contributed by atoms with Crippen molar-refractivity contribution in [2.45, 2.75) is 25.3 Å². The van der Waals surface area contributed by atoms with Crippen LogP contribution >= 0.6 is 11.3 Å². The van der Waals surface area contributed by atoms with Crippen LogP contribution in [-0.2, 0) is 6.54 Å². The molecule has 1 aromatic carbocycles. The minimum Gasteiger partial charge on any atom is -0.496 e. The van der Waals surface area contributed by atoms with Crippen LogP contribution in [0.2, 0.25) is 0 Å². The topological polar surface area (TPSA) is 98.7 Å². The van der Waals surface area contributed by atoms with Crippen LogP contribution < -0.4 is 25.5 Å². The first-order valence-corrected chi connectivity index (χ1v) is 13.0. The number of aromatic amines is 1. The van der Waals surface area contributed by atoms with E-state index in [2.05, 4.69) is 14.9 Å². The first-order chi connectivity index (χ1) is 17.6. The molecule has 0 bridgehead atoms. The molecule has 6 rings (SSSR count). The van der Waals surface area contributed by atoms with E-state index < -0.39 is 5.69 Å². The van der Waals surface area contributed by atoms with Gasteiger partial charge < -0.3 is 24.1 Å². The van der Waals surface area contributed by atoms with Gasteiger partial charge in [0.15, 0.2) is 0 Å². The summed E-state index contributed by atoms with van der Waals surface area (Å²) in [7, 11) is 3.28. The van der Waals surface area contributed by atoms with Crippen LogP contribution in [0.4, 0.5) is 0 Å². The molecule has 188 valence electrons. The molecule has 0 spiro atoms. The van der Waals surface area contributed by atoms with E-state index in [0.29, 0.717) is 39.9 Å². The molecular formula is C26H28N4O5S. The first-order valence-electron chi connectivity index (χ1n) is 12.2. The van der Waals surface area contributed by atoms with Crippen molar-refractivity contribution in [3.63, 3.8) is 0 Å². The number of hydrogen-bond acceptors (Lipinski definition) is 8. The van der Waals surface area contributed by atoms with Crippen molar-refractivity contribution in [3.05, 3.63) is 56.9 Å². The fourth-order valence-corrected chi connectivity index (χ4v) is 6.66. The monoisotopic (exact) mass is 508 g/mol. The molecule has 9 nitrogen and oxygen atoms in total. The Kier molecular flexibility index (Phi) is 5.93. The van der Waals surface area contributed by atoms with Crippen LogP contribution in [0.1, 0.15) is 24.3 Å². The van der Waals surface area contributed by atoms with Gasteiger partial charge in [0.2, 0.25) is 0 Å². The third-order valence-electron chi connectivity index (χ3n) is 7.35. The Labute approximate surface area is 211 Å². The highest BCUT2D eigenvalue weighted by atomic mass is 32.1. The molecule has 1 saturated heterocycles. The van der Waals surface area contributed by atoms with Crippen LogP contribution in [0.15, 0.2) is 40.1 Å². The number of ether oxygens (including phenoxy) is 3. The van der Waals surface area contributed by atoms with E-state index in [-0.39, 0.29) is 5.56 Å². The molecular weight excluding hydrogens is 480 g/mol. The lowest BCUT2D eigenvalue weighted by atomic mass is 9.86. The lowest BCUT2D eigenvalue weighted by Gasteiger charge is -2.29. The number of thiophene rings is 1. The van der Waals surface area contributed by atoms with E-state index in [4.69, 9.17) is 14.2 Å². The summed E-state index contributed by atoms with van der Waals surface area (Å²) in [5.74, 6) is 3.29. The van der Waals surface area contributed by atoms with Gasteiger partial charge in [0.05, 0.1) is 37.2 Å². The molecule has 2 aliphatic heterocycles. The van der Waals surface area contributed by atoms with Crippen molar-refractivity contribution in [3.8, 4) is 17.2 Å². The molecule has 0 aliphatic carbocycles. The smallest absolute Gasteiger partial charge is 0.328 e. The number of fused-ring (bicyclic) bond motifs is 6. The van der Waals surface area contributed by atoms with Crippen LogP contribution in [-0.4, -0.2) is 59.9 Å². The SMILES string of the molecule is COc1cnc2c(c1)sc1c(=O)n(CCCCN3C[C@@H]4COc5cccc(OC)c5[C@@H]4C3)c(=O)[nH]c12. The van der Waals surface area contributed by atoms with Crippen molar-refractivity contribution in [2.24, 2.45) is 5.92 Å². The van der Waals surface area contributed by atoms with Gasteiger partial charge in [0, 0.05) is 43.1 Å². The van der Waals surface area contributed by atoms with E-state index in [9.17, 15) is 9.59 Å². The number of rotatable bonds is 7. The number of benzene rings is 1. The van der Waals surface area contributed by atoms with E-state index in [1.165, 1.54) is 21.5 Å². The molecule has 0 radical (unpaired) electrons. The maximum atomic E-state index is 13.1. The molecule has 3 aromatic heterocycles. The quantitative estimate of drug-likeness (QED) is 0.383. The Bertz CT molecular complexity index is 1540. The fraction of sp³-hybridized carbons (Fsp3) is 0.423. The van der Waals surface area contributed by atoms with Gasteiger partial charge in [0.1, 0.15) is 27.5 Å². The Morgan fingerprint density at radius 3 is 2.86 bits per heavy atom. The maximum Gasteiger partial charge on any atom is 0.328 e. The van der Waals surface area contributed by atoms with Crippen molar-refractivity contribution >= 4 is 31.8 Å². The average Bonchev–Trinajstić information content (AvgIpc) is 3.48. The highest BCUT2D eigenvalue weighted by Crippen LogP contribution is 2.46. The first kappa shape index (κ1) is 23.1. The largest absolute Gasteiger partial charge is 0.496 e. The van der Waals surface area contributed by atoms with Gasteiger partial charge in [0.25, 0.3) is 5.56 Å². The second-order valence-corrected chi connectivity index (χ2v) is 10.5. The zero-order valence-electron chi connectivity index (χ0n) is 20.3. The number of aromatic nitrogens is 3. The van der Waals surface area contributed by atoms with Gasteiger partial charge in [-0.25, -0.2) is 9.78 Å². The lowest BCUT2D eigenvalue weighted by Crippen LogP contribution is -2.34. The van der Waals surface area contributed by atoms with E-state index in [0.717, 1.165) is 55.3 Å². The number of nitrogens with zero attached hydrogens (tertiary/aromatic N) is 3. The molecule has 2 atom stereocenters. The van der Waals surface area contributed by atoms with Gasteiger partial charge in [-0.3, -0.25) is 9.36 Å². The number of pyridine rings is 1. The third kappa shape index (κ3) is 3.84. The number of methoxy groups -OCH3 is 2. The predicted molar refractivity (Wildman–Crippen MR) is 139 cm³/mol. The van der Waals surface area contributed by atoms with Crippen LogP contribution in [0.5, 0.6) is 17.2 Å². The molecule has 1 fully saturated rings. The average molecular weight is 509 g/mol. The van der Waals surface area contributed by atoms with Gasteiger partial charge in [-0.15, -0.1) is 11.3 Å². The Balaban J connectivity index is 1.13. The standard InChI is InChI=1S/C26H28N4O5S/c1-33-16-10-20-22(27-11-16)23-24(36-20)25(31)30(26(32)28-23)9-4-3-8-29-12-15-14-35-19-7-5-6-18(34-2)21(19)17(15)13-29/h5-7,10-11,15,17H,3-4,8-9,12-14H2,1-2H3,(H,28,32)/t15-,17-/m1/s1. The molecule has 0 unspecified atom stereocenters. The zero-order chi connectivity index (χ0) is 24.8. The summed E-state index contributed by atoms with van der Waals surface area (Å²) in [5, 5.41) is 0. The molecule has 0 amide bonds. The normalized spacial score (nSPS) is 19.3. The van der Waals surface area contributed by atoms with Crippen molar-refractivity contribution < 1.29 is 14.2 Å². The van der Waals surface area contributed by atoms with Crippen LogP contribution in [0.25, 0.3) is 20.4 Å². The summed E-state index contributed by atoms with van der Waals surface area (Å²) < 4.78 is 19.5. The number of likely N-dealkylation sites (tertiary alicyclic amines) is 1. The molecule has 36 heavy (non-hydrogen) atoms. The van der Waals surface area contributed by atoms with Gasteiger partial charge in [-0.05, 0) is 31.5 Å². The molecule has 5 heterocycles. The van der Waals surface area contributed by atoms with Gasteiger partial charge in [-0.1, -0.05) is 6.07 Å². The number of unbranched alkanes of at least 4 members (excludes halogenated alkanes) is 1. The van der Waals surface area contributed by atoms with Crippen molar-refractivity contribution in [2.75, 3.05) is 40.5 Å². The second kappa shape index (κ2) is 9.25. The summed E-state index contributed by atoms with van der Waals surface area (Å²) in [6, 6.07) is 7.83. The summed E-state index contributed by atoms with van der Waals surface area (Å²) in [6.45, 7) is 3.97. The third-order valence-corrected chi connectivity index (χ3v) is 8.46. The Morgan fingerprint density at radius 1 is 1.17 bits per heavy atom. The Hall–Kier alpha value is -3.37.